The van der Waals surface area contributed by atoms with E-state index in [0.29, 0.717) is 21.8 Å². The summed E-state index contributed by atoms with van der Waals surface area (Å²) in [6.07, 6.45) is 2.41. The zero-order valence-corrected chi connectivity index (χ0v) is 13.5. The fraction of sp³-hybridized carbons (Fsp3) is 0.533. The second-order valence-corrected chi connectivity index (χ2v) is 6.69. The monoisotopic (exact) mass is 327 g/mol. The van der Waals surface area contributed by atoms with Gasteiger partial charge < -0.3 is 10.2 Å². The van der Waals surface area contributed by atoms with Crippen molar-refractivity contribution in [3.05, 3.63) is 28.2 Å². The highest BCUT2D eigenvalue weighted by Gasteiger charge is 2.36. The molecule has 0 aromatic heterocycles. The lowest BCUT2D eigenvalue weighted by Gasteiger charge is -2.42. The molecule has 2 aliphatic heterocycles. The minimum atomic E-state index is -0.0849. The molecule has 3 rings (SSSR count). The van der Waals surface area contributed by atoms with Crippen LogP contribution in [0.5, 0.6) is 0 Å². The molecule has 1 aromatic rings. The zero-order chi connectivity index (χ0) is 15.0. The Kier molecular flexibility index (Phi) is 4.29. The van der Waals surface area contributed by atoms with Crippen molar-refractivity contribution >= 4 is 34.9 Å². The summed E-state index contributed by atoms with van der Waals surface area (Å²) >= 11 is 12.0. The number of benzene rings is 1. The molecule has 2 amide bonds. The SMILES string of the molecule is CC1CN2CCCC2CN1C(=O)Nc1ccc(Cl)cc1Cl. The summed E-state index contributed by atoms with van der Waals surface area (Å²) in [4.78, 5) is 16.9. The molecule has 1 N–H and O–H groups in total. The maximum Gasteiger partial charge on any atom is 0.322 e. The van der Waals surface area contributed by atoms with E-state index in [2.05, 4.69) is 17.1 Å². The van der Waals surface area contributed by atoms with Crippen molar-refractivity contribution in [2.75, 3.05) is 25.0 Å². The van der Waals surface area contributed by atoms with Crippen LogP contribution < -0.4 is 5.32 Å². The van der Waals surface area contributed by atoms with Crippen LogP contribution in [0, 0.1) is 0 Å². The number of nitrogens with zero attached hydrogens (tertiary/aromatic N) is 2. The lowest BCUT2D eigenvalue weighted by atomic mass is 10.1. The number of carbonyl (C=O) groups excluding carboxylic acids is 1. The fourth-order valence-corrected chi connectivity index (χ4v) is 3.70. The number of piperazine rings is 1. The van der Waals surface area contributed by atoms with Gasteiger partial charge in [0.15, 0.2) is 0 Å². The second kappa shape index (κ2) is 6.03. The first-order chi connectivity index (χ1) is 10.0. The molecule has 1 aromatic carbocycles. The number of hydrogen-bond donors (Lipinski definition) is 1. The third-order valence-electron chi connectivity index (χ3n) is 4.37. The molecule has 6 heteroatoms. The highest BCUT2D eigenvalue weighted by atomic mass is 35.5. The standard InChI is InChI=1S/C15H19Cl2N3O/c1-10-8-19-6-2-3-12(19)9-20(10)15(21)18-14-5-4-11(16)7-13(14)17/h4-5,7,10,12H,2-3,6,8-9H2,1H3,(H,18,21). The van der Waals surface area contributed by atoms with Gasteiger partial charge in [-0.15, -0.1) is 0 Å². The van der Waals surface area contributed by atoms with Gasteiger partial charge >= 0.3 is 6.03 Å². The van der Waals surface area contributed by atoms with Gasteiger partial charge in [0.2, 0.25) is 0 Å². The number of halogens is 2. The van der Waals surface area contributed by atoms with Crippen molar-refractivity contribution in [2.24, 2.45) is 0 Å². The van der Waals surface area contributed by atoms with Crippen molar-refractivity contribution in [2.45, 2.75) is 31.8 Å². The van der Waals surface area contributed by atoms with E-state index in [9.17, 15) is 4.79 Å². The van der Waals surface area contributed by atoms with E-state index in [1.807, 2.05) is 4.90 Å². The molecule has 21 heavy (non-hydrogen) atoms. The topological polar surface area (TPSA) is 35.6 Å². The van der Waals surface area contributed by atoms with Gasteiger partial charge in [0.05, 0.1) is 10.7 Å². The lowest BCUT2D eigenvalue weighted by molar-refractivity contribution is 0.0861. The summed E-state index contributed by atoms with van der Waals surface area (Å²) in [6, 6.07) is 5.73. The van der Waals surface area contributed by atoms with Crippen molar-refractivity contribution in [3.8, 4) is 0 Å². The Morgan fingerprint density at radius 1 is 1.33 bits per heavy atom. The van der Waals surface area contributed by atoms with Crippen molar-refractivity contribution in [1.82, 2.24) is 9.80 Å². The summed E-state index contributed by atoms with van der Waals surface area (Å²) in [5.74, 6) is 0. The maximum atomic E-state index is 12.5. The molecule has 4 nitrogen and oxygen atoms in total. The smallest absolute Gasteiger partial charge is 0.319 e. The van der Waals surface area contributed by atoms with Crippen LogP contribution in [0.1, 0.15) is 19.8 Å². The van der Waals surface area contributed by atoms with Gasteiger partial charge in [-0.3, -0.25) is 4.90 Å². The predicted octanol–water partition coefficient (Wildman–Crippen LogP) is 3.69. The van der Waals surface area contributed by atoms with Gasteiger partial charge in [0.1, 0.15) is 0 Å². The van der Waals surface area contributed by atoms with E-state index >= 15 is 0 Å². The molecule has 114 valence electrons. The normalized spacial score (nSPS) is 25.8. The first-order valence-corrected chi connectivity index (χ1v) is 8.07. The molecule has 2 fully saturated rings. The summed E-state index contributed by atoms with van der Waals surface area (Å²) in [7, 11) is 0. The predicted molar refractivity (Wildman–Crippen MR) is 86.2 cm³/mol. The van der Waals surface area contributed by atoms with E-state index in [1.54, 1.807) is 18.2 Å². The zero-order valence-electron chi connectivity index (χ0n) is 12.0. The largest absolute Gasteiger partial charge is 0.322 e. The number of fused-ring (bicyclic) bond motifs is 1. The van der Waals surface area contributed by atoms with Crippen LogP contribution in [-0.4, -0.2) is 47.5 Å². The number of urea groups is 1. The second-order valence-electron chi connectivity index (χ2n) is 5.85. The highest BCUT2D eigenvalue weighted by molar-refractivity contribution is 6.36. The van der Waals surface area contributed by atoms with Gasteiger partial charge in [0, 0.05) is 30.2 Å². The average molecular weight is 328 g/mol. The van der Waals surface area contributed by atoms with Crippen LogP contribution in [0.4, 0.5) is 10.5 Å². The summed E-state index contributed by atoms with van der Waals surface area (Å²) in [5, 5.41) is 3.92. The van der Waals surface area contributed by atoms with E-state index in [4.69, 9.17) is 23.2 Å². The van der Waals surface area contributed by atoms with E-state index < -0.39 is 0 Å². The third kappa shape index (κ3) is 3.12. The summed E-state index contributed by atoms with van der Waals surface area (Å²) in [5.41, 5.74) is 0.604. The Morgan fingerprint density at radius 3 is 2.90 bits per heavy atom. The van der Waals surface area contributed by atoms with Gasteiger partial charge in [0.25, 0.3) is 0 Å². The number of anilines is 1. The van der Waals surface area contributed by atoms with E-state index in [0.717, 1.165) is 19.6 Å². The van der Waals surface area contributed by atoms with Crippen LogP contribution in [0.3, 0.4) is 0 Å². The molecule has 0 saturated carbocycles. The van der Waals surface area contributed by atoms with Gasteiger partial charge in [-0.05, 0) is 44.5 Å². The molecule has 0 bridgehead atoms. The Morgan fingerprint density at radius 2 is 2.14 bits per heavy atom. The van der Waals surface area contributed by atoms with Crippen molar-refractivity contribution in [1.29, 1.82) is 0 Å². The highest BCUT2D eigenvalue weighted by Crippen LogP contribution is 2.28. The molecule has 2 heterocycles. The molecular weight excluding hydrogens is 309 g/mol. The molecule has 2 saturated heterocycles. The van der Waals surface area contributed by atoms with Crippen LogP contribution in [0.25, 0.3) is 0 Å². The maximum absolute atomic E-state index is 12.5. The number of amides is 2. The quantitative estimate of drug-likeness (QED) is 0.853. The van der Waals surface area contributed by atoms with Crippen molar-refractivity contribution < 1.29 is 4.79 Å². The number of nitrogens with one attached hydrogen (secondary N) is 1. The van der Waals surface area contributed by atoms with Crippen LogP contribution >= 0.6 is 23.2 Å². The minimum absolute atomic E-state index is 0.0849. The first kappa shape index (κ1) is 14.9. The van der Waals surface area contributed by atoms with Crippen LogP contribution in [-0.2, 0) is 0 Å². The Bertz CT molecular complexity index is 552. The molecule has 0 spiro atoms. The molecule has 2 atom stereocenters. The number of carbonyl (C=O) groups is 1. The van der Waals surface area contributed by atoms with Crippen LogP contribution in [0.2, 0.25) is 10.0 Å². The van der Waals surface area contributed by atoms with Gasteiger partial charge in [-0.25, -0.2) is 4.79 Å². The number of hydrogen-bond acceptors (Lipinski definition) is 2. The molecule has 0 aliphatic carbocycles. The Labute approximate surface area is 135 Å². The van der Waals surface area contributed by atoms with Gasteiger partial charge in [-0.2, -0.15) is 0 Å². The van der Waals surface area contributed by atoms with E-state index in [1.165, 1.54) is 12.8 Å². The summed E-state index contributed by atoms with van der Waals surface area (Å²) < 4.78 is 0. The molecule has 0 radical (unpaired) electrons. The summed E-state index contributed by atoms with van der Waals surface area (Å²) in [6.45, 7) is 5.00. The third-order valence-corrected chi connectivity index (χ3v) is 4.92. The van der Waals surface area contributed by atoms with Gasteiger partial charge in [-0.1, -0.05) is 23.2 Å². The Hall–Kier alpha value is -0.970. The first-order valence-electron chi connectivity index (χ1n) is 7.31. The lowest BCUT2D eigenvalue weighted by Crippen LogP contribution is -2.57. The molecule has 2 aliphatic rings. The Balaban J connectivity index is 1.69. The number of rotatable bonds is 1. The van der Waals surface area contributed by atoms with E-state index in [-0.39, 0.29) is 12.1 Å². The van der Waals surface area contributed by atoms with Crippen molar-refractivity contribution in [3.63, 3.8) is 0 Å². The molecule has 2 unspecified atom stereocenters. The molecular formula is C15H19Cl2N3O. The minimum Gasteiger partial charge on any atom is -0.319 e. The average Bonchev–Trinajstić information content (AvgIpc) is 2.88. The van der Waals surface area contributed by atoms with Crippen LogP contribution in [0.15, 0.2) is 18.2 Å². The fourth-order valence-electron chi connectivity index (χ4n) is 3.25.